The summed E-state index contributed by atoms with van der Waals surface area (Å²) in [7, 11) is 2.75. The van der Waals surface area contributed by atoms with E-state index in [9.17, 15) is 0 Å². The summed E-state index contributed by atoms with van der Waals surface area (Å²) in [6.45, 7) is 2.25. The molecule has 0 N–H and O–H groups in total. The minimum atomic E-state index is -2.30. The van der Waals surface area contributed by atoms with Crippen molar-refractivity contribution in [2.45, 2.75) is 64.3 Å². The van der Waals surface area contributed by atoms with Gasteiger partial charge in [0.2, 0.25) is 0 Å². The van der Waals surface area contributed by atoms with Gasteiger partial charge in [-0.15, -0.1) is 0 Å². The van der Waals surface area contributed by atoms with Crippen LogP contribution in [0.3, 0.4) is 0 Å². The molecule has 0 aliphatic heterocycles. The second-order valence-electron chi connectivity index (χ2n) is 4.52. The van der Waals surface area contributed by atoms with Crippen LogP contribution in [0.25, 0.3) is 0 Å². The van der Waals surface area contributed by atoms with E-state index in [1.165, 1.54) is 44.9 Å². The Morgan fingerprint density at radius 2 is 1.06 bits per heavy atom. The van der Waals surface area contributed by atoms with Gasteiger partial charge in [-0.1, -0.05) is 51.9 Å². The summed E-state index contributed by atoms with van der Waals surface area (Å²) in [4.78, 5) is 0. The molecule has 0 unspecified atom stereocenters. The maximum atomic E-state index is 5.39. The molecule has 0 saturated heterocycles. The van der Waals surface area contributed by atoms with E-state index in [0.717, 1.165) is 12.5 Å². The number of hydrogen-bond donors (Lipinski definition) is 0. The summed E-state index contributed by atoms with van der Waals surface area (Å²) in [5, 5.41) is 0. The Morgan fingerprint density at radius 3 is 1.44 bits per heavy atom. The van der Waals surface area contributed by atoms with Crippen molar-refractivity contribution >= 4 is 8.80 Å². The van der Waals surface area contributed by atoms with E-state index >= 15 is 0 Å². The fourth-order valence-corrected chi connectivity index (χ4v) is 3.83. The monoisotopic (exact) mass is 457 g/mol. The summed E-state index contributed by atoms with van der Waals surface area (Å²) >= 11 is 0. The molecule has 0 aliphatic carbocycles. The number of rotatable bonds is 12. The van der Waals surface area contributed by atoms with Crippen LogP contribution in [0.15, 0.2) is 0 Å². The van der Waals surface area contributed by atoms with Gasteiger partial charge in [-0.2, -0.15) is 0 Å². The molecule has 0 rings (SSSR count). The summed E-state index contributed by atoms with van der Waals surface area (Å²) in [6, 6.07) is 0.936. The minimum absolute atomic E-state index is 0. The predicted octanol–water partition coefficient (Wildman–Crippen LogP) is 4.00. The zero-order chi connectivity index (χ0) is 13.0. The van der Waals surface area contributed by atoms with Crippen molar-refractivity contribution in [3.8, 4) is 0 Å². The quantitative estimate of drug-likeness (QED) is 0.328. The van der Waals surface area contributed by atoms with Crippen LogP contribution in [0.4, 0.5) is 0 Å². The largest absolute Gasteiger partial charge is 0.500 e. The molecular weight excluding hydrogens is 427 g/mol. The summed E-state index contributed by atoms with van der Waals surface area (Å²) in [5.74, 6) is 0. The van der Waals surface area contributed by atoms with Crippen molar-refractivity contribution in [1.82, 2.24) is 0 Å². The van der Waals surface area contributed by atoms with Gasteiger partial charge in [-0.3, -0.25) is 0 Å². The SMILES string of the molecule is CCCCCCCCCC[Si](OC)(OC)OC.[Pt]. The molecule has 0 radical (unpaired) electrons. The molecule has 0 aromatic carbocycles. The van der Waals surface area contributed by atoms with Crippen LogP contribution in [0.1, 0.15) is 58.3 Å². The molecular formula is C13H30O3PtSi. The van der Waals surface area contributed by atoms with Crippen LogP contribution in [-0.4, -0.2) is 30.1 Å². The van der Waals surface area contributed by atoms with Crippen LogP contribution < -0.4 is 0 Å². The van der Waals surface area contributed by atoms with E-state index < -0.39 is 8.80 Å². The van der Waals surface area contributed by atoms with Gasteiger partial charge in [0, 0.05) is 48.4 Å². The maximum Gasteiger partial charge on any atom is 0.500 e. The van der Waals surface area contributed by atoms with Gasteiger partial charge < -0.3 is 13.3 Å². The number of unbranched alkanes of at least 4 members (excludes halogenated alkanes) is 7. The van der Waals surface area contributed by atoms with Crippen LogP contribution in [0.5, 0.6) is 0 Å². The Labute approximate surface area is 129 Å². The maximum absolute atomic E-state index is 5.39. The summed E-state index contributed by atoms with van der Waals surface area (Å²) < 4.78 is 16.2. The Bertz CT molecular complexity index is 158. The first-order valence-electron chi connectivity index (χ1n) is 6.90. The van der Waals surface area contributed by atoms with Crippen LogP contribution in [0, 0.1) is 0 Å². The molecule has 0 fully saturated rings. The Hall–Kier alpha value is 0.785. The second kappa shape index (κ2) is 14.2. The van der Waals surface area contributed by atoms with Gasteiger partial charge in [-0.05, 0) is 6.42 Å². The van der Waals surface area contributed by atoms with E-state index in [1.54, 1.807) is 21.3 Å². The molecule has 0 aromatic heterocycles. The second-order valence-corrected chi connectivity index (χ2v) is 7.61. The van der Waals surface area contributed by atoms with Gasteiger partial charge in [-0.25, -0.2) is 0 Å². The zero-order valence-electron chi connectivity index (χ0n) is 12.4. The molecule has 114 valence electrons. The van der Waals surface area contributed by atoms with E-state index in [0.29, 0.717) is 0 Å². The summed E-state index contributed by atoms with van der Waals surface area (Å²) in [6.07, 6.45) is 10.6. The standard InChI is InChI=1S/C13H30O3Si.Pt/c1-5-6-7-8-9-10-11-12-13-17(14-2,15-3)16-4;/h5-13H2,1-4H3;. The molecule has 0 heterocycles. The molecule has 3 nitrogen and oxygen atoms in total. The van der Waals surface area contributed by atoms with Crippen molar-refractivity contribution in [3.63, 3.8) is 0 Å². The molecule has 0 saturated carbocycles. The zero-order valence-corrected chi connectivity index (χ0v) is 15.7. The molecule has 0 amide bonds. The van der Waals surface area contributed by atoms with E-state index in [-0.39, 0.29) is 21.1 Å². The van der Waals surface area contributed by atoms with Crippen molar-refractivity contribution in [1.29, 1.82) is 0 Å². The summed E-state index contributed by atoms with van der Waals surface area (Å²) in [5.41, 5.74) is 0. The molecule has 5 heteroatoms. The molecule has 0 atom stereocenters. The van der Waals surface area contributed by atoms with Gasteiger partial charge in [0.15, 0.2) is 0 Å². The van der Waals surface area contributed by atoms with Crippen LogP contribution in [-0.2, 0) is 34.3 Å². The van der Waals surface area contributed by atoms with Gasteiger partial charge in [0.25, 0.3) is 0 Å². The fraction of sp³-hybridized carbons (Fsp3) is 1.00. The Morgan fingerprint density at radius 1 is 0.667 bits per heavy atom. The first kappa shape index (κ1) is 21.1. The van der Waals surface area contributed by atoms with Crippen LogP contribution >= 0.6 is 0 Å². The molecule has 0 bridgehead atoms. The van der Waals surface area contributed by atoms with Crippen molar-refractivity contribution in [2.75, 3.05) is 21.3 Å². The smallest absolute Gasteiger partial charge is 0.377 e. The normalized spacial score (nSPS) is 11.3. The average molecular weight is 458 g/mol. The first-order chi connectivity index (χ1) is 8.24. The average Bonchev–Trinajstić information content (AvgIpc) is 2.38. The third kappa shape index (κ3) is 9.68. The topological polar surface area (TPSA) is 27.7 Å². The van der Waals surface area contributed by atoms with Gasteiger partial charge in [0.05, 0.1) is 0 Å². The first-order valence-corrected chi connectivity index (χ1v) is 8.83. The molecule has 18 heavy (non-hydrogen) atoms. The fourth-order valence-electron chi connectivity index (χ4n) is 2.03. The number of hydrogen-bond acceptors (Lipinski definition) is 3. The predicted molar refractivity (Wildman–Crippen MR) is 74.2 cm³/mol. The van der Waals surface area contributed by atoms with Crippen LogP contribution in [0.2, 0.25) is 6.04 Å². The van der Waals surface area contributed by atoms with Crippen molar-refractivity contribution in [3.05, 3.63) is 0 Å². The van der Waals surface area contributed by atoms with Gasteiger partial charge in [0.1, 0.15) is 0 Å². The Balaban J connectivity index is 0. The molecule has 0 aromatic rings. The van der Waals surface area contributed by atoms with E-state index in [2.05, 4.69) is 6.92 Å². The molecule has 0 aliphatic rings. The van der Waals surface area contributed by atoms with Crippen molar-refractivity contribution < 1.29 is 34.3 Å². The third-order valence-corrected chi connectivity index (χ3v) is 6.10. The Kier molecular flexibility index (Phi) is 16.6. The molecule has 0 spiro atoms. The minimum Gasteiger partial charge on any atom is -0.377 e. The van der Waals surface area contributed by atoms with E-state index in [4.69, 9.17) is 13.3 Å². The van der Waals surface area contributed by atoms with E-state index in [1.807, 2.05) is 0 Å². The van der Waals surface area contributed by atoms with Crippen molar-refractivity contribution in [2.24, 2.45) is 0 Å². The van der Waals surface area contributed by atoms with Gasteiger partial charge >= 0.3 is 8.80 Å². The third-order valence-electron chi connectivity index (χ3n) is 3.27.